The maximum Gasteiger partial charge on any atom is 0.269 e. The fourth-order valence-electron chi connectivity index (χ4n) is 2.88. The van der Waals surface area contributed by atoms with E-state index in [4.69, 9.17) is 0 Å². The molecule has 0 bridgehead atoms. The summed E-state index contributed by atoms with van der Waals surface area (Å²) in [5.74, 6) is 0.704. The summed E-state index contributed by atoms with van der Waals surface area (Å²) in [5.41, 5.74) is 5.19. The van der Waals surface area contributed by atoms with E-state index in [1.54, 1.807) is 18.3 Å². The van der Waals surface area contributed by atoms with Gasteiger partial charge < -0.3 is 10.6 Å². The van der Waals surface area contributed by atoms with E-state index in [2.05, 4.69) is 52.0 Å². The lowest BCUT2D eigenvalue weighted by Crippen LogP contribution is -2.07. The molecule has 1 heterocycles. The first-order valence-corrected chi connectivity index (χ1v) is 11.2. The highest BCUT2D eigenvalue weighted by molar-refractivity contribution is 9.12. The Labute approximate surface area is 209 Å². The van der Waals surface area contributed by atoms with Crippen LogP contribution in [-0.4, -0.2) is 26.1 Å². The molecule has 4 rings (SSSR count). The van der Waals surface area contributed by atoms with Gasteiger partial charge in [0.25, 0.3) is 5.69 Å². The monoisotopic (exact) mass is 530 g/mol. The van der Waals surface area contributed by atoms with Crippen molar-refractivity contribution in [2.45, 2.75) is 0 Å². The highest BCUT2D eigenvalue weighted by atomic mass is 79.9. The zero-order valence-electron chi connectivity index (χ0n) is 18.2. The van der Waals surface area contributed by atoms with Crippen molar-refractivity contribution in [2.75, 3.05) is 16.1 Å². The van der Waals surface area contributed by atoms with Crippen LogP contribution in [0.25, 0.3) is 6.08 Å². The van der Waals surface area contributed by atoms with Crippen LogP contribution in [0.5, 0.6) is 0 Å². The Hall–Kier alpha value is -4.64. The fourth-order valence-corrected chi connectivity index (χ4v) is 3.25. The van der Waals surface area contributed by atoms with Gasteiger partial charge in [0.05, 0.1) is 11.1 Å². The number of rotatable bonds is 9. The van der Waals surface area contributed by atoms with Crippen molar-refractivity contribution in [3.63, 3.8) is 0 Å². The van der Waals surface area contributed by atoms with Gasteiger partial charge in [0.1, 0.15) is 0 Å². The normalized spacial score (nSPS) is 11.3. The molecule has 0 spiro atoms. The molecule has 0 saturated carbocycles. The summed E-state index contributed by atoms with van der Waals surface area (Å²) < 4.78 is 0.747. The molecule has 0 amide bonds. The number of allylic oxidation sites excluding steroid dienone is 1. The highest BCUT2D eigenvalue weighted by Gasteiger charge is 2.09. The quantitative estimate of drug-likeness (QED) is 0.134. The van der Waals surface area contributed by atoms with Crippen LogP contribution in [0.15, 0.2) is 94.5 Å². The summed E-state index contributed by atoms with van der Waals surface area (Å²) in [6.45, 7) is 0. The van der Waals surface area contributed by atoms with Crippen LogP contribution in [0, 0.1) is 10.1 Å². The van der Waals surface area contributed by atoms with Crippen molar-refractivity contribution in [3.8, 4) is 0 Å². The number of nitro benzene ring substituents is 1. The molecule has 174 valence electrons. The Kier molecular flexibility index (Phi) is 7.71. The molecule has 3 N–H and O–H groups in total. The fraction of sp³-hybridized carbons (Fsp3) is 0. The number of aromatic nitrogens is 3. The van der Waals surface area contributed by atoms with Gasteiger partial charge in [-0.1, -0.05) is 48.5 Å². The number of halogens is 1. The number of hydrogen-bond acceptors (Lipinski definition) is 9. The summed E-state index contributed by atoms with van der Waals surface area (Å²) in [4.78, 5) is 23.5. The zero-order chi connectivity index (χ0) is 24.5. The van der Waals surface area contributed by atoms with Gasteiger partial charge in [0, 0.05) is 28.0 Å². The lowest BCUT2D eigenvalue weighted by molar-refractivity contribution is -0.384. The first kappa shape index (κ1) is 23.5. The molecule has 0 fully saturated rings. The zero-order valence-corrected chi connectivity index (χ0v) is 19.8. The highest BCUT2D eigenvalue weighted by Crippen LogP contribution is 2.21. The van der Waals surface area contributed by atoms with Crippen molar-refractivity contribution in [1.29, 1.82) is 0 Å². The second kappa shape index (κ2) is 11.5. The SMILES string of the molecule is O=[N+]([O-])c1ccc(Nc2nc(N/N=C/C(Br)=C/c3ccccc3)nc(Nc3ccccc3)n2)cc1. The number of nitro groups is 1. The maximum absolute atomic E-state index is 10.9. The van der Waals surface area contributed by atoms with E-state index < -0.39 is 4.92 Å². The Morgan fingerprint density at radius 1 is 0.800 bits per heavy atom. The number of non-ortho nitro benzene ring substituents is 1. The third-order valence-electron chi connectivity index (χ3n) is 4.46. The van der Waals surface area contributed by atoms with Crippen LogP contribution in [0.3, 0.4) is 0 Å². The second-order valence-corrected chi connectivity index (χ2v) is 7.95. The molecule has 1 aromatic heterocycles. The predicted molar refractivity (Wildman–Crippen MR) is 141 cm³/mol. The van der Waals surface area contributed by atoms with Crippen molar-refractivity contribution < 1.29 is 4.92 Å². The molecule has 10 nitrogen and oxygen atoms in total. The van der Waals surface area contributed by atoms with Crippen LogP contribution in [0.2, 0.25) is 0 Å². The van der Waals surface area contributed by atoms with Gasteiger partial charge in [-0.15, -0.1) is 0 Å². The molecule has 0 atom stereocenters. The molecule has 0 aliphatic carbocycles. The van der Waals surface area contributed by atoms with Crippen LogP contribution in [0.4, 0.5) is 34.9 Å². The molecule has 4 aromatic rings. The van der Waals surface area contributed by atoms with Gasteiger partial charge in [-0.2, -0.15) is 20.1 Å². The number of hydrogen-bond donors (Lipinski definition) is 3. The third-order valence-corrected chi connectivity index (χ3v) is 4.89. The Balaban J connectivity index is 1.54. The molecule has 35 heavy (non-hydrogen) atoms. The van der Waals surface area contributed by atoms with E-state index >= 15 is 0 Å². The van der Waals surface area contributed by atoms with E-state index in [0.29, 0.717) is 5.69 Å². The van der Waals surface area contributed by atoms with Crippen molar-refractivity contribution >= 4 is 63.1 Å². The van der Waals surface area contributed by atoms with Gasteiger partial charge in [-0.25, -0.2) is 5.43 Å². The predicted octanol–water partition coefficient (Wildman–Crippen LogP) is 6.10. The number of hydrazone groups is 1. The smallest absolute Gasteiger partial charge is 0.269 e. The van der Waals surface area contributed by atoms with Crippen molar-refractivity contribution in [2.24, 2.45) is 5.10 Å². The minimum Gasteiger partial charge on any atom is -0.324 e. The minimum atomic E-state index is -0.459. The largest absolute Gasteiger partial charge is 0.324 e. The second-order valence-electron chi connectivity index (χ2n) is 7.04. The van der Waals surface area contributed by atoms with Crippen molar-refractivity contribution in [1.82, 2.24) is 15.0 Å². The van der Waals surface area contributed by atoms with Crippen LogP contribution < -0.4 is 16.1 Å². The summed E-state index contributed by atoms with van der Waals surface area (Å²) >= 11 is 3.47. The summed E-state index contributed by atoms with van der Waals surface area (Å²) in [6.07, 6.45) is 3.51. The van der Waals surface area contributed by atoms with E-state index in [0.717, 1.165) is 15.7 Å². The maximum atomic E-state index is 10.9. The summed E-state index contributed by atoms with van der Waals surface area (Å²) in [6, 6.07) is 25.2. The molecule has 0 saturated heterocycles. The minimum absolute atomic E-state index is 0.0107. The number of para-hydroxylation sites is 1. The number of nitrogens with zero attached hydrogens (tertiary/aromatic N) is 5. The summed E-state index contributed by atoms with van der Waals surface area (Å²) in [7, 11) is 0. The third kappa shape index (κ3) is 7.17. The first-order valence-electron chi connectivity index (χ1n) is 10.4. The topological polar surface area (TPSA) is 130 Å². The van der Waals surface area contributed by atoms with E-state index in [9.17, 15) is 10.1 Å². The lowest BCUT2D eigenvalue weighted by atomic mass is 10.2. The van der Waals surface area contributed by atoms with E-state index in [1.165, 1.54) is 12.1 Å². The number of benzene rings is 3. The Bertz CT molecular complexity index is 1350. The Morgan fingerprint density at radius 3 is 1.94 bits per heavy atom. The van der Waals surface area contributed by atoms with E-state index in [1.807, 2.05) is 66.7 Å². The first-order chi connectivity index (χ1) is 17.0. The molecule has 0 radical (unpaired) electrons. The molecule has 0 unspecified atom stereocenters. The molecule has 0 aliphatic rings. The van der Waals surface area contributed by atoms with Gasteiger partial charge in [-0.3, -0.25) is 10.1 Å². The van der Waals surface area contributed by atoms with Crippen LogP contribution in [0.1, 0.15) is 5.56 Å². The lowest BCUT2D eigenvalue weighted by Gasteiger charge is -2.10. The Morgan fingerprint density at radius 2 is 1.34 bits per heavy atom. The van der Waals surface area contributed by atoms with Gasteiger partial charge in [-0.05, 0) is 51.8 Å². The van der Waals surface area contributed by atoms with E-state index in [-0.39, 0.29) is 23.5 Å². The summed E-state index contributed by atoms with van der Waals surface area (Å²) in [5, 5.41) is 21.2. The number of nitrogens with one attached hydrogen (secondary N) is 3. The molecule has 3 aromatic carbocycles. The standard InChI is InChI=1S/C24H19BrN8O2/c25-18(15-17-7-3-1-4-8-17)16-26-32-24-30-22(27-19-9-5-2-6-10-19)29-23(31-24)28-20-11-13-21(14-12-20)33(34)35/h1-16H,(H3,27,28,29,30,31,32)/b18-15-,26-16+. The number of anilines is 5. The van der Waals surface area contributed by atoms with Gasteiger partial charge >= 0.3 is 0 Å². The van der Waals surface area contributed by atoms with Crippen LogP contribution >= 0.6 is 15.9 Å². The molecular formula is C24H19BrN8O2. The van der Waals surface area contributed by atoms with Gasteiger partial charge in [0.15, 0.2) is 0 Å². The average molecular weight is 531 g/mol. The average Bonchev–Trinajstić information content (AvgIpc) is 2.85. The molecule has 0 aliphatic heterocycles. The van der Waals surface area contributed by atoms with Crippen LogP contribution in [-0.2, 0) is 0 Å². The van der Waals surface area contributed by atoms with Gasteiger partial charge in [0.2, 0.25) is 17.8 Å². The molecule has 11 heteroatoms. The van der Waals surface area contributed by atoms with Crippen molar-refractivity contribution in [3.05, 3.63) is 105 Å². The molecular weight excluding hydrogens is 512 g/mol.